The Morgan fingerprint density at radius 2 is 2.35 bits per heavy atom. The summed E-state index contributed by atoms with van der Waals surface area (Å²) in [6, 6.07) is 0. The first kappa shape index (κ1) is 13.8. The maximum absolute atomic E-state index is 5.50. The van der Waals surface area contributed by atoms with Crippen molar-refractivity contribution in [1.29, 1.82) is 0 Å². The van der Waals surface area contributed by atoms with Crippen molar-refractivity contribution in [3.63, 3.8) is 0 Å². The van der Waals surface area contributed by atoms with Crippen molar-refractivity contribution in [2.75, 3.05) is 25.1 Å². The van der Waals surface area contributed by atoms with Gasteiger partial charge >= 0.3 is 0 Å². The van der Waals surface area contributed by atoms with Crippen LogP contribution < -0.4 is 5.32 Å². The summed E-state index contributed by atoms with van der Waals surface area (Å²) in [6.45, 7) is 13.1. The molecule has 0 aromatic carbocycles. The van der Waals surface area contributed by atoms with Crippen molar-refractivity contribution in [3.05, 3.63) is 24.5 Å². The van der Waals surface area contributed by atoms with Gasteiger partial charge in [-0.25, -0.2) is 4.98 Å². The third-order valence-corrected chi connectivity index (χ3v) is 2.20. The molecule has 4 heteroatoms. The van der Waals surface area contributed by atoms with Crippen molar-refractivity contribution in [3.8, 4) is 0 Å². The van der Waals surface area contributed by atoms with Gasteiger partial charge in [0.15, 0.2) is 0 Å². The predicted molar refractivity (Wildman–Crippen MR) is 71.3 cm³/mol. The highest BCUT2D eigenvalue weighted by molar-refractivity contribution is 5.28. The molecular formula is C13H23N3O. The highest BCUT2D eigenvalue weighted by atomic mass is 16.5. The third kappa shape index (κ3) is 5.04. The molecule has 0 saturated carbocycles. The minimum Gasteiger partial charge on any atom is -0.379 e. The lowest BCUT2D eigenvalue weighted by Crippen LogP contribution is -2.14. The summed E-state index contributed by atoms with van der Waals surface area (Å²) in [5.41, 5.74) is 1.01. The van der Waals surface area contributed by atoms with E-state index in [0.717, 1.165) is 31.3 Å². The fraction of sp³-hybridized carbons (Fsp3) is 0.615. The fourth-order valence-corrected chi connectivity index (χ4v) is 1.52. The molecular weight excluding hydrogens is 214 g/mol. The van der Waals surface area contributed by atoms with E-state index in [1.54, 1.807) is 0 Å². The number of nitrogens with one attached hydrogen (secondary N) is 1. The number of anilines is 1. The van der Waals surface area contributed by atoms with Crippen LogP contribution in [-0.4, -0.2) is 29.3 Å². The Balaban J connectivity index is 2.32. The van der Waals surface area contributed by atoms with Gasteiger partial charge in [0.25, 0.3) is 0 Å². The molecule has 0 radical (unpaired) electrons. The highest BCUT2D eigenvalue weighted by Crippen LogP contribution is 2.07. The lowest BCUT2D eigenvalue weighted by molar-refractivity contribution is 0.118. The van der Waals surface area contributed by atoms with Gasteiger partial charge in [0.1, 0.15) is 0 Å². The number of aryl methyl sites for hydroxylation is 1. The standard InChI is InChI=1S/C13H23N3O/c1-5-7-16-9-12(4)15-13(16)14-6-8-17-10-11(2)3/h5,9,11H,1,6-8,10H2,2-4H3,(H,14,15). The number of ether oxygens (including phenoxy) is 1. The largest absolute Gasteiger partial charge is 0.379 e. The Hall–Kier alpha value is -1.29. The van der Waals surface area contributed by atoms with Crippen LogP contribution in [0.3, 0.4) is 0 Å². The molecule has 1 N–H and O–H groups in total. The summed E-state index contributed by atoms with van der Waals surface area (Å²) in [5.74, 6) is 1.47. The second-order valence-corrected chi connectivity index (χ2v) is 4.54. The van der Waals surface area contributed by atoms with Crippen LogP contribution in [0.2, 0.25) is 0 Å². The Labute approximate surface area is 104 Å². The van der Waals surface area contributed by atoms with Gasteiger partial charge in [-0.15, -0.1) is 6.58 Å². The molecule has 0 aliphatic carbocycles. The molecule has 0 saturated heterocycles. The monoisotopic (exact) mass is 237 g/mol. The fourth-order valence-electron chi connectivity index (χ4n) is 1.52. The molecule has 0 bridgehead atoms. The minimum atomic E-state index is 0.583. The van der Waals surface area contributed by atoms with Gasteiger partial charge in [-0.2, -0.15) is 0 Å². The number of hydrogen-bond donors (Lipinski definition) is 1. The van der Waals surface area contributed by atoms with E-state index in [2.05, 4.69) is 30.7 Å². The van der Waals surface area contributed by atoms with E-state index in [9.17, 15) is 0 Å². The number of imidazole rings is 1. The molecule has 4 nitrogen and oxygen atoms in total. The molecule has 0 unspecified atom stereocenters. The first-order valence-corrected chi connectivity index (χ1v) is 6.09. The molecule has 1 heterocycles. The molecule has 0 aliphatic rings. The molecule has 0 atom stereocenters. The summed E-state index contributed by atoms with van der Waals surface area (Å²) in [6.07, 6.45) is 3.88. The van der Waals surface area contributed by atoms with Gasteiger partial charge in [0.05, 0.1) is 12.3 Å². The normalized spacial score (nSPS) is 10.8. The molecule has 1 rings (SSSR count). The van der Waals surface area contributed by atoms with Gasteiger partial charge in [-0.1, -0.05) is 19.9 Å². The zero-order valence-corrected chi connectivity index (χ0v) is 11.1. The summed E-state index contributed by atoms with van der Waals surface area (Å²) < 4.78 is 7.55. The van der Waals surface area contributed by atoms with Crippen molar-refractivity contribution in [2.45, 2.75) is 27.3 Å². The van der Waals surface area contributed by atoms with Crippen LogP contribution in [0.25, 0.3) is 0 Å². The smallest absolute Gasteiger partial charge is 0.203 e. The van der Waals surface area contributed by atoms with E-state index in [0.29, 0.717) is 12.5 Å². The minimum absolute atomic E-state index is 0.583. The first-order valence-electron chi connectivity index (χ1n) is 6.09. The van der Waals surface area contributed by atoms with Crippen LogP contribution in [0.5, 0.6) is 0 Å². The topological polar surface area (TPSA) is 39.1 Å². The SMILES string of the molecule is C=CCn1cc(C)nc1NCCOCC(C)C. The lowest BCUT2D eigenvalue weighted by atomic mass is 10.2. The summed E-state index contributed by atoms with van der Waals surface area (Å²) in [5, 5.41) is 3.27. The summed E-state index contributed by atoms with van der Waals surface area (Å²) in [4.78, 5) is 4.41. The Bertz CT molecular complexity index is 344. The highest BCUT2D eigenvalue weighted by Gasteiger charge is 2.03. The van der Waals surface area contributed by atoms with Crippen molar-refractivity contribution >= 4 is 5.95 Å². The van der Waals surface area contributed by atoms with E-state index in [4.69, 9.17) is 4.74 Å². The van der Waals surface area contributed by atoms with Crippen LogP contribution in [0.4, 0.5) is 5.95 Å². The van der Waals surface area contributed by atoms with Gasteiger partial charge in [-0.3, -0.25) is 0 Å². The first-order chi connectivity index (χ1) is 8.13. The predicted octanol–water partition coefficient (Wildman–Crippen LogP) is 2.46. The van der Waals surface area contributed by atoms with Crippen LogP contribution in [-0.2, 0) is 11.3 Å². The van der Waals surface area contributed by atoms with Crippen LogP contribution >= 0.6 is 0 Å². The average molecular weight is 237 g/mol. The molecule has 1 aromatic rings. The van der Waals surface area contributed by atoms with Crippen molar-refractivity contribution in [2.24, 2.45) is 5.92 Å². The van der Waals surface area contributed by atoms with E-state index >= 15 is 0 Å². The van der Waals surface area contributed by atoms with Gasteiger partial charge in [0.2, 0.25) is 5.95 Å². The number of allylic oxidation sites excluding steroid dienone is 1. The van der Waals surface area contributed by atoms with Crippen molar-refractivity contribution < 1.29 is 4.74 Å². The van der Waals surface area contributed by atoms with Gasteiger partial charge in [-0.05, 0) is 12.8 Å². The molecule has 0 spiro atoms. The van der Waals surface area contributed by atoms with Crippen LogP contribution in [0.15, 0.2) is 18.9 Å². The maximum atomic E-state index is 5.50. The number of aromatic nitrogens is 2. The van der Waals surface area contributed by atoms with Gasteiger partial charge in [0, 0.05) is 25.9 Å². The summed E-state index contributed by atoms with van der Waals surface area (Å²) in [7, 11) is 0. The summed E-state index contributed by atoms with van der Waals surface area (Å²) >= 11 is 0. The lowest BCUT2D eigenvalue weighted by Gasteiger charge is -2.09. The molecule has 1 aromatic heterocycles. The Morgan fingerprint density at radius 1 is 1.59 bits per heavy atom. The molecule has 0 fully saturated rings. The quantitative estimate of drug-likeness (QED) is 0.557. The second kappa shape index (κ2) is 7.12. The van der Waals surface area contributed by atoms with E-state index in [-0.39, 0.29) is 0 Å². The maximum Gasteiger partial charge on any atom is 0.203 e. The molecule has 96 valence electrons. The Kier molecular flexibility index (Phi) is 5.77. The van der Waals surface area contributed by atoms with E-state index in [1.807, 2.05) is 23.8 Å². The molecule has 17 heavy (non-hydrogen) atoms. The van der Waals surface area contributed by atoms with Crippen LogP contribution in [0, 0.1) is 12.8 Å². The average Bonchev–Trinajstić information content (AvgIpc) is 2.59. The molecule has 0 aliphatic heterocycles. The third-order valence-electron chi connectivity index (χ3n) is 2.20. The number of nitrogens with zero attached hydrogens (tertiary/aromatic N) is 2. The Morgan fingerprint density at radius 3 is 3.00 bits per heavy atom. The van der Waals surface area contributed by atoms with Crippen molar-refractivity contribution in [1.82, 2.24) is 9.55 Å². The van der Waals surface area contributed by atoms with Crippen LogP contribution in [0.1, 0.15) is 19.5 Å². The number of rotatable bonds is 8. The zero-order chi connectivity index (χ0) is 12.7. The zero-order valence-electron chi connectivity index (χ0n) is 11.1. The van der Waals surface area contributed by atoms with Gasteiger partial charge < -0.3 is 14.6 Å². The van der Waals surface area contributed by atoms with E-state index in [1.165, 1.54) is 0 Å². The second-order valence-electron chi connectivity index (χ2n) is 4.54. The number of hydrogen-bond acceptors (Lipinski definition) is 3. The molecule has 0 amide bonds. The van der Waals surface area contributed by atoms with E-state index < -0.39 is 0 Å².